The first-order valence-corrected chi connectivity index (χ1v) is 7.90. The van der Waals surface area contributed by atoms with E-state index >= 15 is 0 Å². The van der Waals surface area contributed by atoms with Gasteiger partial charge in [-0.2, -0.15) is 0 Å². The van der Waals surface area contributed by atoms with E-state index in [9.17, 15) is 18.5 Å². The molecule has 21 heavy (non-hydrogen) atoms. The molecule has 0 amide bonds. The first-order valence-electron chi connectivity index (χ1n) is 5.53. The van der Waals surface area contributed by atoms with Crippen molar-refractivity contribution >= 4 is 37.9 Å². The number of sulfonamides is 1. The number of nitrogens with two attached hydrogens (primary N) is 1. The Morgan fingerprint density at radius 1 is 1.43 bits per heavy atom. The molecule has 0 aliphatic rings. The zero-order chi connectivity index (χ0) is 15.6. The molecule has 1 heterocycles. The van der Waals surface area contributed by atoms with Gasteiger partial charge in [0.1, 0.15) is 0 Å². The number of aromatic nitrogens is 1. The number of benzene rings is 1. The van der Waals surface area contributed by atoms with E-state index in [0.717, 1.165) is 23.5 Å². The van der Waals surface area contributed by atoms with Gasteiger partial charge in [-0.25, -0.2) is 13.4 Å². The van der Waals surface area contributed by atoms with Crippen molar-refractivity contribution in [3.05, 3.63) is 39.4 Å². The van der Waals surface area contributed by atoms with E-state index in [0.29, 0.717) is 5.69 Å². The summed E-state index contributed by atoms with van der Waals surface area (Å²) in [6.07, 6.45) is 0. The molecular weight excluding hydrogens is 318 g/mol. The molecule has 1 aromatic heterocycles. The lowest BCUT2D eigenvalue weighted by Gasteiger charge is -2.07. The summed E-state index contributed by atoms with van der Waals surface area (Å²) in [7, 11) is -4.11. The minimum absolute atomic E-state index is 0.142. The van der Waals surface area contributed by atoms with Gasteiger partial charge >= 0.3 is 0 Å². The van der Waals surface area contributed by atoms with Crippen molar-refractivity contribution in [1.82, 2.24) is 4.98 Å². The van der Waals surface area contributed by atoms with Crippen LogP contribution in [0.1, 0.15) is 5.69 Å². The van der Waals surface area contributed by atoms with Gasteiger partial charge < -0.3 is 5.43 Å². The largest absolute Gasteiger partial charge is 0.324 e. The van der Waals surface area contributed by atoms with E-state index in [1.165, 1.54) is 6.07 Å². The summed E-state index contributed by atoms with van der Waals surface area (Å²) < 4.78 is 26.7. The summed E-state index contributed by atoms with van der Waals surface area (Å²) >= 11 is 1.09. The van der Waals surface area contributed by atoms with Crippen LogP contribution in [0.4, 0.5) is 16.5 Å². The molecule has 1 aromatic carbocycles. The third-order valence-electron chi connectivity index (χ3n) is 2.45. The number of hydrogen-bond acceptors (Lipinski definition) is 8. The molecule has 0 aliphatic carbocycles. The van der Waals surface area contributed by atoms with Crippen LogP contribution in [-0.2, 0) is 10.0 Å². The lowest BCUT2D eigenvalue weighted by Crippen LogP contribution is -2.15. The van der Waals surface area contributed by atoms with E-state index < -0.39 is 25.5 Å². The van der Waals surface area contributed by atoms with Crippen LogP contribution in [-0.4, -0.2) is 18.3 Å². The molecule has 112 valence electrons. The van der Waals surface area contributed by atoms with Crippen LogP contribution < -0.4 is 16.0 Å². The Labute approximate surface area is 124 Å². The Bertz CT molecular complexity index is 786. The molecule has 2 rings (SSSR count). The van der Waals surface area contributed by atoms with Crippen LogP contribution in [0.2, 0.25) is 0 Å². The molecule has 0 aliphatic heterocycles. The van der Waals surface area contributed by atoms with Crippen LogP contribution in [0.25, 0.3) is 0 Å². The second-order valence-electron chi connectivity index (χ2n) is 3.98. The third kappa shape index (κ3) is 3.26. The van der Waals surface area contributed by atoms with Gasteiger partial charge in [0, 0.05) is 11.4 Å². The van der Waals surface area contributed by atoms with Crippen molar-refractivity contribution in [3.8, 4) is 0 Å². The standard InChI is InChI=1S/C10H11N5O4S2/c1-6-5-20-10(12-6)14-21(18,19)9-3-2-7(13-11)4-8(9)15(16)17/h2-5,13H,11H2,1H3,(H,12,14). The third-order valence-corrected chi connectivity index (χ3v) is 4.84. The zero-order valence-corrected chi connectivity index (χ0v) is 12.4. The first-order chi connectivity index (χ1) is 9.83. The first kappa shape index (κ1) is 15.2. The van der Waals surface area contributed by atoms with Gasteiger partial charge in [0.15, 0.2) is 10.0 Å². The minimum atomic E-state index is -4.11. The summed E-state index contributed by atoms with van der Waals surface area (Å²) in [5.41, 5.74) is 2.52. The van der Waals surface area contributed by atoms with Gasteiger partial charge in [-0.1, -0.05) is 0 Å². The maximum Gasteiger partial charge on any atom is 0.291 e. The molecule has 0 saturated carbocycles. The van der Waals surface area contributed by atoms with E-state index in [1.54, 1.807) is 12.3 Å². The maximum atomic E-state index is 12.2. The molecule has 9 nitrogen and oxygen atoms in total. The summed E-state index contributed by atoms with van der Waals surface area (Å²) in [4.78, 5) is 13.7. The fourth-order valence-corrected chi connectivity index (χ4v) is 3.64. The average Bonchev–Trinajstić information content (AvgIpc) is 2.82. The van der Waals surface area contributed by atoms with Gasteiger partial charge in [0.05, 0.1) is 16.3 Å². The lowest BCUT2D eigenvalue weighted by molar-refractivity contribution is -0.387. The number of rotatable bonds is 5. The summed E-state index contributed by atoms with van der Waals surface area (Å²) in [5, 5.41) is 12.8. The highest BCUT2D eigenvalue weighted by Gasteiger charge is 2.27. The highest BCUT2D eigenvalue weighted by molar-refractivity contribution is 7.93. The van der Waals surface area contributed by atoms with Crippen molar-refractivity contribution in [3.63, 3.8) is 0 Å². The van der Waals surface area contributed by atoms with E-state index in [4.69, 9.17) is 5.84 Å². The van der Waals surface area contributed by atoms with Gasteiger partial charge in [-0.3, -0.25) is 20.7 Å². The highest BCUT2D eigenvalue weighted by atomic mass is 32.2. The molecule has 0 unspecified atom stereocenters. The van der Waals surface area contributed by atoms with E-state index in [1.807, 2.05) is 0 Å². The minimum Gasteiger partial charge on any atom is -0.324 e. The highest BCUT2D eigenvalue weighted by Crippen LogP contribution is 2.29. The van der Waals surface area contributed by atoms with Crippen LogP contribution in [0, 0.1) is 17.0 Å². The number of thiazole rings is 1. The Morgan fingerprint density at radius 2 is 2.14 bits per heavy atom. The van der Waals surface area contributed by atoms with Crippen molar-refractivity contribution in [2.45, 2.75) is 11.8 Å². The Hall–Kier alpha value is -2.24. The van der Waals surface area contributed by atoms with Crippen LogP contribution >= 0.6 is 11.3 Å². The average molecular weight is 329 g/mol. The maximum absolute atomic E-state index is 12.2. The molecule has 0 radical (unpaired) electrons. The molecule has 0 spiro atoms. The second-order valence-corrected chi connectivity index (χ2v) is 6.49. The van der Waals surface area contributed by atoms with E-state index in [-0.39, 0.29) is 10.8 Å². The van der Waals surface area contributed by atoms with Gasteiger partial charge in [-0.05, 0) is 19.1 Å². The Balaban J connectivity index is 2.46. The lowest BCUT2D eigenvalue weighted by atomic mass is 10.3. The monoisotopic (exact) mass is 329 g/mol. The van der Waals surface area contributed by atoms with Crippen LogP contribution in [0.15, 0.2) is 28.5 Å². The van der Waals surface area contributed by atoms with Crippen molar-refractivity contribution < 1.29 is 13.3 Å². The Kier molecular flexibility index (Phi) is 4.06. The normalized spacial score (nSPS) is 11.1. The van der Waals surface area contributed by atoms with Crippen molar-refractivity contribution in [2.24, 2.45) is 5.84 Å². The summed E-state index contributed by atoms with van der Waals surface area (Å²) in [5.74, 6) is 5.16. The number of nitrogens with zero attached hydrogens (tertiary/aromatic N) is 2. The topological polar surface area (TPSA) is 140 Å². The SMILES string of the molecule is Cc1csc(NS(=O)(=O)c2ccc(NN)cc2[N+](=O)[O-])n1. The number of nitro groups is 1. The number of nitrogens with one attached hydrogen (secondary N) is 2. The molecule has 11 heteroatoms. The molecule has 0 saturated heterocycles. The van der Waals surface area contributed by atoms with E-state index in [2.05, 4.69) is 15.1 Å². The summed E-state index contributed by atoms with van der Waals surface area (Å²) in [6.45, 7) is 1.71. The molecule has 0 bridgehead atoms. The number of hydrogen-bond donors (Lipinski definition) is 3. The van der Waals surface area contributed by atoms with Crippen molar-refractivity contribution in [1.29, 1.82) is 0 Å². The number of nitrogen functional groups attached to an aromatic ring is 1. The summed E-state index contributed by atoms with van der Waals surface area (Å²) in [6, 6.07) is 3.48. The second kappa shape index (κ2) is 5.63. The fraction of sp³-hybridized carbons (Fsp3) is 0.100. The quantitative estimate of drug-likeness (QED) is 0.428. The van der Waals surface area contributed by atoms with Crippen LogP contribution in [0.3, 0.4) is 0 Å². The van der Waals surface area contributed by atoms with Crippen LogP contribution in [0.5, 0.6) is 0 Å². The number of hydrazine groups is 1. The number of nitro benzene ring substituents is 1. The van der Waals surface area contributed by atoms with Gasteiger partial charge in [0.25, 0.3) is 15.7 Å². The molecule has 0 atom stereocenters. The molecular formula is C10H11N5O4S2. The fourth-order valence-electron chi connectivity index (χ4n) is 1.55. The zero-order valence-electron chi connectivity index (χ0n) is 10.7. The molecule has 4 N–H and O–H groups in total. The molecule has 0 fully saturated rings. The number of anilines is 2. The van der Waals surface area contributed by atoms with Gasteiger partial charge in [0.2, 0.25) is 0 Å². The smallest absolute Gasteiger partial charge is 0.291 e. The predicted molar refractivity (Wildman–Crippen MR) is 78.6 cm³/mol. The predicted octanol–water partition coefficient (Wildman–Crippen LogP) is 1.45. The Morgan fingerprint density at radius 3 is 2.67 bits per heavy atom. The number of aryl methyl sites for hydroxylation is 1. The van der Waals surface area contributed by atoms with Gasteiger partial charge in [-0.15, -0.1) is 11.3 Å². The van der Waals surface area contributed by atoms with Crippen molar-refractivity contribution in [2.75, 3.05) is 10.1 Å². The molecule has 2 aromatic rings.